The first-order valence-corrected chi connectivity index (χ1v) is 5.75. The normalized spacial score (nSPS) is 11.7. The van der Waals surface area contributed by atoms with Crippen LogP contribution in [-0.2, 0) is 4.79 Å². The number of benzene rings is 1. The molecule has 0 fully saturated rings. The molecular weight excluding hydrogens is 252 g/mol. The van der Waals surface area contributed by atoms with E-state index in [4.69, 9.17) is 9.84 Å². The summed E-state index contributed by atoms with van der Waals surface area (Å²) < 4.78 is 4.95. The standard InChI is InChI=1S/C12H16N2O5/c1-8(6-7-11(15)16)13-9-4-3-5-10(19-2)12(9)14(17)18/h3-5,8,13H,6-7H2,1-2H3,(H,15,16). The quantitative estimate of drug-likeness (QED) is 0.581. The number of methoxy groups -OCH3 is 1. The molecular formula is C12H16N2O5. The number of hydrogen-bond donors (Lipinski definition) is 2. The topological polar surface area (TPSA) is 102 Å². The monoisotopic (exact) mass is 268 g/mol. The van der Waals surface area contributed by atoms with Gasteiger partial charge in [-0.2, -0.15) is 0 Å². The van der Waals surface area contributed by atoms with Gasteiger partial charge in [-0.1, -0.05) is 6.07 Å². The molecule has 7 heteroatoms. The molecule has 0 aliphatic heterocycles. The first-order valence-electron chi connectivity index (χ1n) is 5.75. The zero-order valence-corrected chi connectivity index (χ0v) is 10.8. The second-order valence-electron chi connectivity index (χ2n) is 4.09. The number of carbonyl (C=O) groups is 1. The third-order valence-corrected chi connectivity index (χ3v) is 2.59. The van der Waals surface area contributed by atoms with Crippen LogP contribution in [0.2, 0.25) is 0 Å². The lowest BCUT2D eigenvalue weighted by Crippen LogP contribution is -2.17. The number of aliphatic carboxylic acids is 1. The van der Waals surface area contributed by atoms with E-state index in [1.54, 1.807) is 19.1 Å². The highest BCUT2D eigenvalue weighted by atomic mass is 16.6. The molecule has 0 saturated heterocycles. The van der Waals surface area contributed by atoms with E-state index in [-0.39, 0.29) is 23.9 Å². The van der Waals surface area contributed by atoms with Gasteiger partial charge in [0.1, 0.15) is 5.69 Å². The molecule has 0 amide bonds. The smallest absolute Gasteiger partial charge is 0.333 e. The number of carboxylic acid groups (broad SMARTS) is 1. The SMILES string of the molecule is COc1cccc(NC(C)CCC(=O)O)c1[N+](=O)[O-]. The predicted molar refractivity (Wildman–Crippen MR) is 69.6 cm³/mol. The van der Waals surface area contributed by atoms with Crippen molar-refractivity contribution in [3.63, 3.8) is 0 Å². The molecule has 0 saturated carbocycles. The van der Waals surface area contributed by atoms with Crippen molar-refractivity contribution in [2.24, 2.45) is 0 Å². The second kappa shape index (κ2) is 6.58. The highest BCUT2D eigenvalue weighted by Crippen LogP contribution is 2.34. The van der Waals surface area contributed by atoms with Crippen molar-refractivity contribution in [1.82, 2.24) is 0 Å². The third-order valence-electron chi connectivity index (χ3n) is 2.59. The van der Waals surface area contributed by atoms with Gasteiger partial charge in [0, 0.05) is 12.5 Å². The highest BCUT2D eigenvalue weighted by molar-refractivity contribution is 5.69. The maximum absolute atomic E-state index is 11.0. The van der Waals surface area contributed by atoms with Gasteiger partial charge < -0.3 is 15.2 Å². The Morgan fingerprint density at radius 2 is 2.26 bits per heavy atom. The van der Waals surface area contributed by atoms with Gasteiger partial charge in [-0.05, 0) is 25.5 Å². The zero-order valence-electron chi connectivity index (χ0n) is 10.8. The number of carboxylic acids is 1. The van der Waals surface area contributed by atoms with Crippen molar-refractivity contribution in [1.29, 1.82) is 0 Å². The van der Waals surface area contributed by atoms with Gasteiger partial charge in [-0.25, -0.2) is 0 Å². The summed E-state index contributed by atoms with van der Waals surface area (Å²) in [4.78, 5) is 21.0. The summed E-state index contributed by atoms with van der Waals surface area (Å²) in [7, 11) is 1.36. The van der Waals surface area contributed by atoms with Crippen molar-refractivity contribution < 1.29 is 19.6 Å². The van der Waals surface area contributed by atoms with E-state index < -0.39 is 10.9 Å². The average molecular weight is 268 g/mol. The summed E-state index contributed by atoms with van der Waals surface area (Å²) in [5.41, 5.74) is 0.175. The summed E-state index contributed by atoms with van der Waals surface area (Å²) in [6.07, 6.45) is 0.385. The summed E-state index contributed by atoms with van der Waals surface area (Å²) in [5, 5.41) is 22.6. The van der Waals surface area contributed by atoms with Crippen molar-refractivity contribution in [3.8, 4) is 5.75 Å². The lowest BCUT2D eigenvalue weighted by atomic mass is 10.1. The fourth-order valence-corrected chi connectivity index (χ4v) is 1.67. The maximum Gasteiger partial charge on any atom is 0.333 e. The molecule has 7 nitrogen and oxygen atoms in total. The minimum absolute atomic E-state index is 0.00589. The summed E-state index contributed by atoms with van der Waals surface area (Å²) in [6, 6.07) is 4.52. The predicted octanol–water partition coefficient (Wildman–Crippen LogP) is 2.27. The van der Waals surface area contributed by atoms with Crippen molar-refractivity contribution in [2.45, 2.75) is 25.8 Å². The number of nitrogens with zero attached hydrogens (tertiary/aromatic N) is 1. The number of nitro groups is 1. The minimum Gasteiger partial charge on any atom is -0.490 e. The molecule has 0 heterocycles. The molecule has 1 rings (SSSR count). The fourth-order valence-electron chi connectivity index (χ4n) is 1.67. The molecule has 1 aromatic carbocycles. The van der Waals surface area contributed by atoms with E-state index in [0.29, 0.717) is 12.1 Å². The van der Waals surface area contributed by atoms with Crippen LogP contribution in [0.4, 0.5) is 11.4 Å². The van der Waals surface area contributed by atoms with Crippen molar-refractivity contribution in [2.75, 3.05) is 12.4 Å². The van der Waals surface area contributed by atoms with Crippen LogP contribution in [0.15, 0.2) is 18.2 Å². The van der Waals surface area contributed by atoms with Gasteiger partial charge in [0.2, 0.25) is 0 Å². The van der Waals surface area contributed by atoms with Gasteiger partial charge in [-0.15, -0.1) is 0 Å². The molecule has 0 aliphatic carbocycles. The van der Waals surface area contributed by atoms with Gasteiger partial charge >= 0.3 is 11.7 Å². The van der Waals surface area contributed by atoms with Crippen LogP contribution in [0.3, 0.4) is 0 Å². The van der Waals surface area contributed by atoms with Crippen LogP contribution in [0.5, 0.6) is 5.75 Å². The van der Waals surface area contributed by atoms with Crippen LogP contribution in [0, 0.1) is 10.1 Å². The summed E-state index contributed by atoms with van der Waals surface area (Å²) in [6.45, 7) is 1.77. The minimum atomic E-state index is -0.895. The van der Waals surface area contributed by atoms with Gasteiger partial charge in [-0.3, -0.25) is 14.9 Å². The Kier molecular flexibility index (Phi) is 5.11. The Hall–Kier alpha value is -2.31. The van der Waals surface area contributed by atoms with E-state index in [1.165, 1.54) is 13.2 Å². The molecule has 1 unspecified atom stereocenters. The molecule has 1 atom stereocenters. The fraction of sp³-hybridized carbons (Fsp3) is 0.417. The number of hydrogen-bond acceptors (Lipinski definition) is 5. The van der Waals surface area contributed by atoms with E-state index in [1.807, 2.05) is 0 Å². The van der Waals surface area contributed by atoms with E-state index >= 15 is 0 Å². The Labute approximate surface area is 110 Å². The second-order valence-corrected chi connectivity index (χ2v) is 4.09. The molecule has 0 bridgehead atoms. The van der Waals surface area contributed by atoms with Crippen LogP contribution >= 0.6 is 0 Å². The van der Waals surface area contributed by atoms with Crippen LogP contribution in [0.1, 0.15) is 19.8 Å². The molecule has 104 valence electrons. The number of anilines is 1. The van der Waals surface area contributed by atoms with Gasteiger partial charge in [0.05, 0.1) is 12.0 Å². The van der Waals surface area contributed by atoms with E-state index in [0.717, 1.165) is 0 Å². The highest BCUT2D eigenvalue weighted by Gasteiger charge is 2.21. The van der Waals surface area contributed by atoms with Gasteiger partial charge in [0.25, 0.3) is 0 Å². The first kappa shape index (κ1) is 14.7. The third kappa shape index (κ3) is 4.13. The zero-order chi connectivity index (χ0) is 14.4. The molecule has 0 aliphatic rings. The van der Waals surface area contributed by atoms with Crippen molar-refractivity contribution >= 4 is 17.3 Å². The first-order chi connectivity index (χ1) is 8.95. The molecule has 0 radical (unpaired) electrons. The average Bonchev–Trinajstić information content (AvgIpc) is 2.35. The Bertz CT molecular complexity index is 475. The van der Waals surface area contributed by atoms with E-state index in [9.17, 15) is 14.9 Å². The number of ether oxygens (including phenoxy) is 1. The van der Waals surface area contributed by atoms with Crippen LogP contribution in [-0.4, -0.2) is 29.2 Å². The summed E-state index contributed by atoms with van der Waals surface area (Å²) in [5.74, 6) is -0.728. The lowest BCUT2D eigenvalue weighted by Gasteiger charge is -2.15. The summed E-state index contributed by atoms with van der Waals surface area (Å²) >= 11 is 0. The molecule has 2 N–H and O–H groups in total. The van der Waals surface area contributed by atoms with Gasteiger partial charge in [0.15, 0.2) is 5.75 Å². The Morgan fingerprint density at radius 1 is 1.58 bits per heavy atom. The number of nitrogens with one attached hydrogen (secondary N) is 1. The largest absolute Gasteiger partial charge is 0.490 e. The number of para-hydroxylation sites is 1. The van der Waals surface area contributed by atoms with Crippen LogP contribution < -0.4 is 10.1 Å². The Balaban J connectivity index is 2.88. The molecule has 1 aromatic rings. The van der Waals surface area contributed by atoms with E-state index in [2.05, 4.69) is 5.32 Å². The molecule has 0 aromatic heterocycles. The molecule has 0 spiro atoms. The lowest BCUT2D eigenvalue weighted by molar-refractivity contribution is -0.384. The molecule has 19 heavy (non-hydrogen) atoms. The maximum atomic E-state index is 11.0. The number of rotatable bonds is 7. The van der Waals surface area contributed by atoms with Crippen LogP contribution in [0.25, 0.3) is 0 Å². The Morgan fingerprint density at radius 3 is 2.79 bits per heavy atom. The van der Waals surface area contributed by atoms with Crippen molar-refractivity contribution in [3.05, 3.63) is 28.3 Å². The number of nitro benzene ring substituents is 1.